The van der Waals surface area contributed by atoms with E-state index < -0.39 is 10.0 Å². The number of methoxy groups -OCH3 is 1. The number of carbonyl (C=O) groups is 1. The van der Waals surface area contributed by atoms with Crippen LogP contribution in [0, 0.1) is 0 Å². The van der Waals surface area contributed by atoms with E-state index in [1.807, 2.05) is 18.2 Å². The third-order valence-electron chi connectivity index (χ3n) is 4.29. The van der Waals surface area contributed by atoms with E-state index in [1.165, 1.54) is 18.2 Å². The van der Waals surface area contributed by atoms with Gasteiger partial charge in [-0.2, -0.15) is 0 Å². The summed E-state index contributed by atoms with van der Waals surface area (Å²) in [6.45, 7) is 0.876. The summed E-state index contributed by atoms with van der Waals surface area (Å²) in [6.07, 6.45) is 1.51. The lowest BCUT2D eigenvalue weighted by atomic mass is 10.2. The van der Waals surface area contributed by atoms with E-state index in [0.29, 0.717) is 35.9 Å². The highest BCUT2D eigenvalue weighted by Gasteiger charge is 2.09. The zero-order valence-corrected chi connectivity index (χ0v) is 18.3. The molecule has 1 amide bonds. The minimum Gasteiger partial charge on any atom is -0.491 e. The number of sulfonamides is 1. The van der Waals surface area contributed by atoms with E-state index in [2.05, 4.69) is 10.0 Å². The highest BCUT2D eigenvalue weighted by molar-refractivity contribution is 7.95. The Hall–Kier alpha value is -3.62. The fraction of sp³-hybridized carbons (Fsp3) is 0.125. The number of carbonyl (C=O) groups excluding carboxylic acids is 1. The van der Waals surface area contributed by atoms with E-state index in [-0.39, 0.29) is 5.91 Å². The van der Waals surface area contributed by atoms with Crippen molar-refractivity contribution in [2.75, 3.05) is 30.4 Å². The lowest BCUT2D eigenvalue weighted by Gasteiger charge is -2.10. The Kier molecular flexibility index (Phi) is 8.02. The predicted octanol–water partition coefficient (Wildman–Crippen LogP) is 4.38. The highest BCUT2D eigenvalue weighted by Crippen LogP contribution is 2.19. The summed E-state index contributed by atoms with van der Waals surface area (Å²) in [5.41, 5.74) is 2.10. The van der Waals surface area contributed by atoms with Crippen LogP contribution in [-0.2, 0) is 14.8 Å². The summed E-state index contributed by atoms with van der Waals surface area (Å²) in [5.74, 6) is 0.297. The molecule has 0 bridgehead atoms. The second-order valence-electron chi connectivity index (χ2n) is 6.76. The number of hydrogen-bond donors (Lipinski definition) is 2. The molecule has 0 radical (unpaired) electrons. The predicted molar refractivity (Wildman–Crippen MR) is 126 cm³/mol. The third kappa shape index (κ3) is 7.26. The maximum absolute atomic E-state index is 12.5. The molecule has 0 aliphatic heterocycles. The Morgan fingerprint density at radius 3 is 2.38 bits per heavy atom. The molecule has 0 aliphatic rings. The summed E-state index contributed by atoms with van der Waals surface area (Å²) >= 11 is 0. The number of benzene rings is 3. The Morgan fingerprint density at radius 2 is 1.66 bits per heavy atom. The first-order chi connectivity index (χ1) is 15.4. The zero-order valence-electron chi connectivity index (χ0n) is 17.5. The Morgan fingerprint density at radius 1 is 0.906 bits per heavy atom. The van der Waals surface area contributed by atoms with Gasteiger partial charge >= 0.3 is 0 Å². The Labute approximate surface area is 187 Å². The van der Waals surface area contributed by atoms with Crippen LogP contribution in [0.25, 0.3) is 6.08 Å². The van der Waals surface area contributed by atoms with E-state index in [1.54, 1.807) is 55.6 Å². The minimum absolute atomic E-state index is 0.322. The topological polar surface area (TPSA) is 93.7 Å². The van der Waals surface area contributed by atoms with Gasteiger partial charge in [-0.3, -0.25) is 9.52 Å². The second kappa shape index (κ2) is 11.1. The van der Waals surface area contributed by atoms with Crippen LogP contribution in [0.5, 0.6) is 5.75 Å². The first kappa shape index (κ1) is 23.1. The fourth-order valence-corrected chi connectivity index (χ4v) is 3.60. The van der Waals surface area contributed by atoms with Crippen LogP contribution in [0.1, 0.15) is 15.9 Å². The first-order valence-corrected chi connectivity index (χ1v) is 11.4. The summed E-state index contributed by atoms with van der Waals surface area (Å²) in [4.78, 5) is 12.5. The zero-order chi connectivity index (χ0) is 22.8. The van der Waals surface area contributed by atoms with Crippen LogP contribution in [-0.4, -0.2) is 34.6 Å². The van der Waals surface area contributed by atoms with Gasteiger partial charge in [-0.05, 0) is 48.0 Å². The molecule has 0 aliphatic carbocycles. The van der Waals surface area contributed by atoms with Crippen molar-refractivity contribution >= 4 is 33.4 Å². The average molecular weight is 453 g/mol. The third-order valence-corrected chi connectivity index (χ3v) is 5.31. The summed E-state index contributed by atoms with van der Waals surface area (Å²) in [7, 11) is -2.09. The van der Waals surface area contributed by atoms with Gasteiger partial charge in [0.15, 0.2) is 0 Å². The Balaban J connectivity index is 1.59. The van der Waals surface area contributed by atoms with Crippen molar-refractivity contribution in [3.8, 4) is 5.75 Å². The van der Waals surface area contributed by atoms with Crippen LogP contribution in [0.15, 0.2) is 84.3 Å². The first-order valence-electron chi connectivity index (χ1n) is 9.84. The van der Waals surface area contributed by atoms with Crippen LogP contribution in [0.4, 0.5) is 11.4 Å². The van der Waals surface area contributed by atoms with Gasteiger partial charge in [-0.15, -0.1) is 0 Å². The van der Waals surface area contributed by atoms with E-state index in [0.717, 1.165) is 11.0 Å². The van der Waals surface area contributed by atoms with Gasteiger partial charge in [0.05, 0.1) is 12.0 Å². The maximum Gasteiger partial charge on any atom is 0.255 e. The lowest BCUT2D eigenvalue weighted by molar-refractivity contribution is 0.102. The molecule has 3 aromatic rings. The molecule has 8 heteroatoms. The molecular weight excluding hydrogens is 428 g/mol. The van der Waals surface area contributed by atoms with Gasteiger partial charge in [0.1, 0.15) is 12.4 Å². The van der Waals surface area contributed by atoms with Gasteiger partial charge in [-0.1, -0.05) is 36.4 Å². The van der Waals surface area contributed by atoms with Crippen molar-refractivity contribution in [3.05, 3.63) is 95.4 Å². The summed E-state index contributed by atoms with van der Waals surface area (Å²) < 4.78 is 37.5. The molecule has 0 atom stereocenters. The number of amides is 1. The number of hydrogen-bond acceptors (Lipinski definition) is 5. The standard InChI is InChI=1S/C24H24N2O5S/c1-30-15-16-31-23-9-5-8-22(18-23)25-24(27)20-10-12-21(13-11-20)26-32(28,29)17-14-19-6-3-2-4-7-19/h2-14,17-18,26H,15-16H2,1H3,(H,25,27). The van der Waals surface area contributed by atoms with Crippen molar-refractivity contribution in [1.29, 1.82) is 0 Å². The van der Waals surface area contributed by atoms with Crippen LogP contribution >= 0.6 is 0 Å². The van der Waals surface area contributed by atoms with Crippen LogP contribution < -0.4 is 14.8 Å². The lowest BCUT2D eigenvalue weighted by Crippen LogP contribution is -2.13. The average Bonchev–Trinajstić information content (AvgIpc) is 2.79. The van der Waals surface area contributed by atoms with Crippen LogP contribution in [0.2, 0.25) is 0 Å². The minimum atomic E-state index is -3.68. The van der Waals surface area contributed by atoms with Gasteiger partial charge < -0.3 is 14.8 Å². The molecule has 3 rings (SSSR count). The molecular formula is C24H24N2O5S. The van der Waals surface area contributed by atoms with Crippen LogP contribution in [0.3, 0.4) is 0 Å². The number of nitrogens with one attached hydrogen (secondary N) is 2. The Bertz CT molecular complexity index is 1160. The van der Waals surface area contributed by atoms with Crippen molar-refractivity contribution < 1.29 is 22.7 Å². The van der Waals surface area contributed by atoms with E-state index in [4.69, 9.17) is 9.47 Å². The van der Waals surface area contributed by atoms with Crippen molar-refractivity contribution in [2.45, 2.75) is 0 Å². The summed E-state index contributed by atoms with van der Waals surface area (Å²) in [5, 5.41) is 3.90. The second-order valence-corrected chi connectivity index (χ2v) is 8.33. The quantitative estimate of drug-likeness (QED) is 0.446. The van der Waals surface area contributed by atoms with Crippen molar-refractivity contribution in [1.82, 2.24) is 0 Å². The molecule has 32 heavy (non-hydrogen) atoms. The fourth-order valence-electron chi connectivity index (χ4n) is 2.73. The molecule has 166 valence electrons. The maximum atomic E-state index is 12.5. The van der Waals surface area contributed by atoms with E-state index in [9.17, 15) is 13.2 Å². The van der Waals surface area contributed by atoms with E-state index >= 15 is 0 Å². The van der Waals surface area contributed by atoms with Gasteiger partial charge in [-0.25, -0.2) is 8.42 Å². The normalized spacial score (nSPS) is 11.3. The molecule has 0 saturated heterocycles. The molecule has 0 unspecified atom stereocenters. The highest BCUT2D eigenvalue weighted by atomic mass is 32.2. The summed E-state index contributed by atoms with van der Waals surface area (Å²) in [6, 6.07) is 22.3. The SMILES string of the molecule is COCCOc1cccc(NC(=O)c2ccc(NS(=O)(=O)C=Cc3ccccc3)cc2)c1. The van der Waals surface area contributed by atoms with Crippen molar-refractivity contribution in [2.24, 2.45) is 0 Å². The molecule has 3 aromatic carbocycles. The smallest absolute Gasteiger partial charge is 0.255 e. The number of ether oxygens (including phenoxy) is 2. The molecule has 2 N–H and O–H groups in total. The number of rotatable bonds is 10. The molecule has 0 spiro atoms. The molecule has 0 fully saturated rings. The van der Waals surface area contributed by atoms with Gasteiger partial charge in [0.25, 0.3) is 15.9 Å². The number of anilines is 2. The van der Waals surface area contributed by atoms with Gasteiger partial charge in [0.2, 0.25) is 0 Å². The van der Waals surface area contributed by atoms with Crippen molar-refractivity contribution in [3.63, 3.8) is 0 Å². The molecule has 7 nitrogen and oxygen atoms in total. The monoisotopic (exact) mass is 452 g/mol. The molecule has 0 heterocycles. The molecule has 0 aromatic heterocycles. The molecule has 0 saturated carbocycles. The van der Waals surface area contributed by atoms with Gasteiger partial charge in [0, 0.05) is 30.1 Å². The largest absolute Gasteiger partial charge is 0.491 e.